The Balaban J connectivity index is 2.46. The molecule has 0 saturated heterocycles. The van der Waals surface area contributed by atoms with Crippen molar-refractivity contribution < 1.29 is 14.3 Å². The van der Waals surface area contributed by atoms with Crippen molar-refractivity contribution in [2.75, 3.05) is 20.3 Å². The Bertz CT molecular complexity index is 444. The summed E-state index contributed by atoms with van der Waals surface area (Å²) in [6.45, 7) is 4.36. The van der Waals surface area contributed by atoms with E-state index in [2.05, 4.69) is 0 Å². The zero-order valence-corrected chi connectivity index (χ0v) is 12.8. The Morgan fingerprint density at radius 2 is 2.00 bits per heavy atom. The van der Waals surface area contributed by atoms with Crippen molar-refractivity contribution in [2.45, 2.75) is 25.9 Å². The standard InChI is InChI=1S/C14H18Cl2O3/c1-14(2,18-3)6-7-19-9-13(17)11-8-10(15)4-5-12(11)16/h4-5,8H,6-7,9H2,1-3H3. The molecule has 1 rings (SSSR count). The van der Waals surface area contributed by atoms with E-state index >= 15 is 0 Å². The summed E-state index contributed by atoms with van der Waals surface area (Å²) in [5, 5.41) is 0.864. The molecular formula is C14H18Cl2O3. The lowest BCUT2D eigenvalue weighted by atomic mass is 10.1. The molecule has 0 amide bonds. The van der Waals surface area contributed by atoms with Gasteiger partial charge in [-0.2, -0.15) is 0 Å². The molecule has 0 aliphatic heterocycles. The van der Waals surface area contributed by atoms with E-state index in [0.717, 1.165) is 0 Å². The molecule has 0 N–H and O–H groups in total. The van der Waals surface area contributed by atoms with Gasteiger partial charge in [-0.25, -0.2) is 0 Å². The third kappa shape index (κ3) is 5.49. The van der Waals surface area contributed by atoms with Gasteiger partial charge in [0.2, 0.25) is 0 Å². The second-order valence-electron chi connectivity index (χ2n) is 4.81. The van der Waals surface area contributed by atoms with Crippen LogP contribution in [0.5, 0.6) is 0 Å². The smallest absolute Gasteiger partial charge is 0.190 e. The predicted molar refractivity (Wildman–Crippen MR) is 77.3 cm³/mol. The summed E-state index contributed by atoms with van der Waals surface area (Å²) in [5.41, 5.74) is 0.136. The molecule has 0 atom stereocenters. The van der Waals surface area contributed by atoms with Crippen molar-refractivity contribution in [2.24, 2.45) is 0 Å². The maximum absolute atomic E-state index is 11.9. The Morgan fingerprint density at radius 1 is 1.32 bits per heavy atom. The van der Waals surface area contributed by atoms with Gasteiger partial charge in [-0.05, 0) is 38.5 Å². The van der Waals surface area contributed by atoms with E-state index in [1.54, 1.807) is 25.3 Å². The molecule has 3 nitrogen and oxygen atoms in total. The normalized spacial score (nSPS) is 11.6. The van der Waals surface area contributed by atoms with Crippen molar-refractivity contribution in [3.05, 3.63) is 33.8 Å². The minimum Gasteiger partial charge on any atom is -0.379 e. The number of benzene rings is 1. The molecule has 0 aliphatic rings. The largest absolute Gasteiger partial charge is 0.379 e. The van der Waals surface area contributed by atoms with Gasteiger partial charge in [-0.3, -0.25) is 4.79 Å². The second-order valence-corrected chi connectivity index (χ2v) is 5.66. The summed E-state index contributed by atoms with van der Waals surface area (Å²) in [6.07, 6.45) is 0.708. The highest BCUT2D eigenvalue weighted by Gasteiger charge is 2.16. The van der Waals surface area contributed by atoms with Gasteiger partial charge in [0.1, 0.15) is 6.61 Å². The predicted octanol–water partition coefficient (Wildman–Crippen LogP) is 4.01. The van der Waals surface area contributed by atoms with Crippen LogP contribution in [-0.4, -0.2) is 31.7 Å². The lowest BCUT2D eigenvalue weighted by Crippen LogP contribution is -2.25. The molecule has 0 unspecified atom stereocenters. The SMILES string of the molecule is COC(C)(C)CCOCC(=O)c1cc(Cl)ccc1Cl. The van der Waals surface area contributed by atoms with Crippen LogP contribution in [0.15, 0.2) is 18.2 Å². The van der Waals surface area contributed by atoms with Gasteiger partial charge in [0.15, 0.2) is 5.78 Å². The quantitative estimate of drug-likeness (QED) is 0.564. The van der Waals surface area contributed by atoms with E-state index in [0.29, 0.717) is 28.6 Å². The molecule has 0 fully saturated rings. The Kier molecular flexibility index (Phi) is 6.27. The number of rotatable bonds is 7. The summed E-state index contributed by atoms with van der Waals surface area (Å²) in [4.78, 5) is 11.9. The van der Waals surface area contributed by atoms with Crippen molar-refractivity contribution >= 4 is 29.0 Å². The van der Waals surface area contributed by atoms with Crippen LogP contribution in [0.2, 0.25) is 10.0 Å². The minimum absolute atomic E-state index is 0.0140. The molecule has 0 aromatic heterocycles. The first-order valence-electron chi connectivity index (χ1n) is 5.97. The molecule has 0 aliphatic carbocycles. The number of Topliss-reactive ketones (excluding diaryl/α,β-unsaturated/α-hetero) is 1. The molecule has 106 valence electrons. The highest BCUT2D eigenvalue weighted by Crippen LogP contribution is 2.21. The third-order valence-corrected chi connectivity index (χ3v) is 3.43. The van der Waals surface area contributed by atoms with E-state index in [1.807, 2.05) is 13.8 Å². The minimum atomic E-state index is -0.253. The summed E-state index contributed by atoms with van der Waals surface area (Å²) in [6, 6.07) is 4.79. The molecule has 0 heterocycles. The van der Waals surface area contributed by atoms with Crippen molar-refractivity contribution in [3.63, 3.8) is 0 Å². The maximum Gasteiger partial charge on any atom is 0.190 e. The van der Waals surface area contributed by atoms with E-state index < -0.39 is 0 Å². The first-order chi connectivity index (χ1) is 8.85. The van der Waals surface area contributed by atoms with E-state index in [4.69, 9.17) is 32.7 Å². The van der Waals surface area contributed by atoms with Crippen LogP contribution in [-0.2, 0) is 9.47 Å². The van der Waals surface area contributed by atoms with Crippen LogP contribution < -0.4 is 0 Å². The van der Waals surface area contributed by atoms with Gasteiger partial charge in [0.25, 0.3) is 0 Å². The molecule has 0 saturated carbocycles. The van der Waals surface area contributed by atoms with Crippen LogP contribution in [0.3, 0.4) is 0 Å². The van der Waals surface area contributed by atoms with Gasteiger partial charge in [-0.15, -0.1) is 0 Å². The molecular weight excluding hydrogens is 287 g/mol. The molecule has 0 bridgehead atoms. The number of ketones is 1. The third-order valence-electron chi connectivity index (χ3n) is 2.86. The summed E-state index contributed by atoms with van der Waals surface area (Å²) in [7, 11) is 1.65. The number of hydrogen-bond donors (Lipinski definition) is 0. The van der Waals surface area contributed by atoms with Crippen molar-refractivity contribution in [1.82, 2.24) is 0 Å². The lowest BCUT2D eigenvalue weighted by Gasteiger charge is -2.22. The molecule has 19 heavy (non-hydrogen) atoms. The van der Waals surface area contributed by atoms with Gasteiger partial charge in [0.05, 0.1) is 10.6 Å². The summed E-state index contributed by atoms with van der Waals surface area (Å²) < 4.78 is 10.6. The molecule has 5 heteroatoms. The van der Waals surface area contributed by atoms with Gasteiger partial charge >= 0.3 is 0 Å². The summed E-state index contributed by atoms with van der Waals surface area (Å²) >= 11 is 11.8. The molecule has 0 radical (unpaired) electrons. The highest BCUT2D eigenvalue weighted by atomic mass is 35.5. The first-order valence-corrected chi connectivity index (χ1v) is 6.72. The molecule has 1 aromatic carbocycles. The first kappa shape index (κ1) is 16.4. The Hall–Kier alpha value is -0.610. The van der Waals surface area contributed by atoms with Crippen LogP contribution in [0.4, 0.5) is 0 Å². The Morgan fingerprint density at radius 3 is 2.63 bits per heavy atom. The zero-order valence-electron chi connectivity index (χ0n) is 11.3. The monoisotopic (exact) mass is 304 g/mol. The topological polar surface area (TPSA) is 35.5 Å². The zero-order chi connectivity index (χ0) is 14.5. The van der Waals surface area contributed by atoms with Crippen molar-refractivity contribution in [1.29, 1.82) is 0 Å². The summed E-state index contributed by atoms with van der Waals surface area (Å²) in [5.74, 6) is -0.178. The number of ether oxygens (including phenoxy) is 2. The lowest BCUT2D eigenvalue weighted by molar-refractivity contribution is -0.00836. The Labute approximate surface area is 123 Å². The van der Waals surface area contributed by atoms with Crippen LogP contribution in [0.25, 0.3) is 0 Å². The average molecular weight is 305 g/mol. The number of hydrogen-bond acceptors (Lipinski definition) is 3. The fourth-order valence-electron chi connectivity index (χ4n) is 1.37. The number of methoxy groups -OCH3 is 1. The van der Waals surface area contributed by atoms with Gasteiger partial charge < -0.3 is 9.47 Å². The van der Waals surface area contributed by atoms with E-state index in [-0.39, 0.29) is 18.0 Å². The van der Waals surface area contributed by atoms with E-state index in [9.17, 15) is 4.79 Å². The van der Waals surface area contributed by atoms with Crippen LogP contribution in [0.1, 0.15) is 30.6 Å². The molecule has 0 spiro atoms. The fourth-order valence-corrected chi connectivity index (χ4v) is 1.77. The fraction of sp³-hybridized carbons (Fsp3) is 0.500. The van der Waals surface area contributed by atoms with Gasteiger partial charge in [-0.1, -0.05) is 23.2 Å². The number of carbonyl (C=O) groups is 1. The molecule has 1 aromatic rings. The van der Waals surface area contributed by atoms with Crippen molar-refractivity contribution in [3.8, 4) is 0 Å². The highest BCUT2D eigenvalue weighted by molar-refractivity contribution is 6.35. The second kappa shape index (κ2) is 7.25. The van der Waals surface area contributed by atoms with Crippen LogP contribution >= 0.6 is 23.2 Å². The van der Waals surface area contributed by atoms with Crippen LogP contribution in [0, 0.1) is 0 Å². The number of carbonyl (C=O) groups excluding carboxylic acids is 1. The van der Waals surface area contributed by atoms with Gasteiger partial charge in [0, 0.05) is 24.3 Å². The number of halogens is 2. The maximum atomic E-state index is 11.9. The van der Waals surface area contributed by atoms with E-state index in [1.165, 1.54) is 0 Å². The average Bonchev–Trinajstić information content (AvgIpc) is 2.37.